The van der Waals surface area contributed by atoms with Gasteiger partial charge in [0.05, 0.1) is 6.61 Å². The van der Waals surface area contributed by atoms with E-state index in [0.717, 1.165) is 25.4 Å². The zero-order chi connectivity index (χ0) is 12.1. The maximum atomic E-state index is 11.9. The van der Waals surface area contributed by atoms with Crippen LogP contribution in [0.4, 0.5) is 0 Å². The smallest absolute Gasteiger partial charge is 0.323 e. The zero-order valence-electron chi connectivity index (χ0n) is 11.0. The van der Waals surface area contributed by atoms with Crippen molar-refractivity contribution in [2.24, 2.45) is 5.92 Å². The molecule has 1 saturated heterocycles. The van der Waals surface area contributed by atoms with Crippen LogP contribution in [0, 0.1) is 5.92 Å². The summed E-state index contributed by atoms with van der Waals surface area (Å²) in [4.78, 5) is 14.3. The second-order valence-electron chi connectivity index (χ2n) is 5.41. The summed E-state index contributed by atoms with van der Waals surface area (Å²) in [5, 5.41) is 0. The van der Waals surface area contributed by atoms with E-state index in [9.17, 15) is 4.79 Å². The molecule has 1 saturated carbocycles. The van der Waals surface area contributed by atoms with E-state index in [2.05, 4.69) is 4.90 Å². The van der Waals surface area contributed by atoms with Crippen LogP contribution in [0.15, 0.2) is 0 Å². The fraction of sp³-hybridized carbons (Fsp3) is 0.929. The van der Waals surface area contributed by atoms with Gasteiger partial charge in [-0.1, -0.05) is 19.3 Å². The van der Waals surface area contributed by atoms with Gasteiger partial charge in [-0.2, -0.15) is 0 Å². The number of rotatable bonds is 4. The lowest BCUT2D eigenvalue weighted by atomic mass is 9.99. The highest BCUT2D eigenvalue weighted by molar-refractivity contribution is 5.75. The van der Waals surface area contributed by atoms with Gasteiger partial charge >= 0.3 is 5.97 Å². The third-order valence-electron chi connectivity index (χ3n) is 4.14. The Morgan fingerprint density at radius 3 is 2.59 bits per heavy atom. The Kier molecular flexibility index (Phi) is 4.84. The highest BCUT2D eigenvalue weighted by Crippen LogP contribution is 2.28. The Morgan fingerprint density at radius 1 is 1.18 bits per heavy atom. The molecule has 2 fully saturated rings. The van der Waals surface area contributed by atoms with Gasteiger partial charge in [-0.05, 0) is 45.1 Å². The number of carbonyl (C=O) groups excluding carboxylic acids is 1. The summed E-state index contributed by atoms with van der Waals surface area (Å²) in [7, 11) is 0. The zero-order valence-corrected chi connectivity index (χ0v) is 11.0. The van der Waals surface area contributed by atoms with E-state index >= 15 is 0 Å². The second-order valence-corrected chi connectivity index (χ2v) is 5.41. The highest BCUT2D eigenvalue weighted by Gasteiger charge is 2.31. The molecule has 0 bridgehead atoms. The molecule has 1 aliphatic carbocycles. The number of nitrogens with zero attached hydrogens (tertiary/aromatic N) is 1. The average molecular weight is 239 g/mol. The van der Waals surface area contributed by atoms with Gasteiger partial charge in [-0.15, -0.1) is 0 Å². The molecule has 0 amide bonds. The van der Waals surface area contributed by atoms with E-state index in [4.69, 9.17) is 4.74 Å². The molecule has 1 aliphatic heterocycles. The SMILES string of the molecule is CCOC(=O)C1CCCCN1CC1CCCC1. The van der Waals surface area contributed by atoms with E-state index in [-0.39, 0.29) is 12.0 Å². The van der Waals surface area contributed by atoms with E-state index < -0.39 is 0 Å². The van der Waals surface area contributed by atoms with Crippen molar-refractivity contribution in [2.75, 3.05) is 19.7 Å². The maximum Gasteiger partial charge on any atom is 0.323 e. The third-order valence-corrected chi connectivity index (χ3v) is 4.14. The van der Waals surface area contributed by atoms with Crippen LogP contribution in [-0.2, 0) is 9.53 Å². The van der Waals surface area contributed by atoms with Crippen molar-refractivity contribution in [1.82, 2.24) is 4.90 Å². The van der Waals surface area contributed by atoms with Crippen LogP contribution in [0.25, 0.3) is 0 Å². The maximum absolute atomic E-state index is 11.9. The van der Waals surface area contributed by atoms with Crippen LogP contribution >= 0.6 is 0 Å². The van der Waals surface area contributed by atoms with Gasteiger partial charge in [0.25, 0.3) is 0 Å². The van der Waals surface area contributed by atoms with Crippen molar-refractivity contribution in [3.8, 4) is 0 Å². The standard InChI is InChI=1S/C14H25NO2/c1-2-17-14(16)13-9-5-6-10-15(13)11-12-7-3-4-8-12/h12-13H,2-11H2,1H3. The molecular weight excluding hydrogens is 214 g/mol. The monoisotopic (exact) mass is 239 g/mol. The molecule has 3 nitrogen and oxygen atoms in total. The van der Waals surface area contributed by atoms with Gasteiger partial charge in [-0.25, -0.2) is 0 Å². The molecule has 2 aliphatic rings. The fourth-order valence-electron chi connectivity index (χ4n) is 3.24. The average Bonchev–Trinajstić information content (AvgIpc) is 2.83. The summed E-state index contributed by atoms with van der Waals surface area (Å²) >= 11 is 0. The molecule has 0 aromatic heterocycles. The van der Waals surface area contributed by atoms with Crippen LogP contribution in [0.3, 0.4) is 0 Å². The lowest BCUT2D eigenvalue weighted by molar-refractivity contribution is -0.151. The molecule has 1 atom stereocenters. The predicted molar refractivity (Wildman–Crippen MR) is 67.8 cm³/mol. The summed E-state index contributed by atoms with van der Waals surface area (Å²) in [5.74, 6) is 0.829. The predicted octanol–water partition coefficient (Wildman–Crippen LogP) is 2.59. The summed E-state index contributed by atoms with van der Waals surface area (Å²) < 4.78 is 5.20. The first-order chi connectivity index (χ1) is 8.31. The number of hydrogen-bond acceptors (Lipinski definition) is 3. The van der Waals surface area contributed by atoms with E-state index in [0.29, 0.717) is 6.61 Å². The number of carbonyl (C=O) groups is 1. The van der Waals surface area contributed by atoms with Crippen LogP contribution in [0.5, 0.6) is 0 Å². The molecule has 0 aromatic carbocycles. The Morgan fingerprint density at radius 2 is 1.88 bits per heavy atom. The lowest BCUT2D eigenvalue weighted by Gasteiger charge is -2.35. The Bertz CT molecular complexity index is 249. The van der Waals surface area contributed by atoms with Gasteiger partial charge in [0, 0.05) is 6.54 Å². The van der Waals surface area contributed by atoms with Gasteiger partial charge in [-0.3, -0.25) is 9.69 Å². The van der Waals surface area contributed by atoms with Crippen LogP contribution < -0.4 is 0 Å². The van der Waals surface area contributed by atoms with Gasteiger partial charge in [0.15, 0.2) is 0 Å². The Hall–Kier alpha value is -0.570. The van der Waals surface area contributed by atoms with Crippen molar-refractivity contribution >= 4 is 5.97 Å². The number of likely N-dealkylation sites (tertiary alicyclic amines) is 1. The Labute approximate surface area is 105 Å². The molecule has 2 rings (SSSR count). The largest absolute Gasteiger partial charge is 0.465 e. The number of piperidine rings is 1. The molecule has 0 aromatic rings. The first kappa shape index (κ1) is 12.9. The van der Waals surface area contributed by atoms with Gasteiger partial charge in [0.1, 0.15) is 6.04 Å². The highest BCUT2D eigenvalue weighted by atomic mass is 16.5. The van der Waals surface area contributed by atoms with Crippen molar-refractivity contribution in [1.29, 1.82) is 0 Å². The van der Waals surface area contributed by atoms with E-state index in [1.165, 1.54) is 38.5 Å². The third kappa shape index (κ3) is 3.44. The van der Waals surface area contributed by atoms with Crippen LogP contribution in [-0.4, -0.2) is 36.6 Å². The molecule has 1 unspecified atom stereocenters. The van der Waals surface area contributed by atoms with Gasteiger partial charge in [0.2, 0.25) is 0 Å². The van der Waals surface area contributed by atoms with Crippen molar-refractivity contribution in [3.05, 3.63) is 0 Å². The number of ether oxygens (including phenoxy) is 1. The molecule has 0 N–H and O–H groups in total. The quantitative estimate of drug-likeness (QED) is 0.706. The molecule has 3 heteroatoms. The molecule has 98 valence electrons. The first-order valence-electron chi connectivity index (χ1n) is 7.22. The molecule has 17 heavy (non-hydrogen) atoms. The van der Waals surface area contributed by atoms with Gasteiger partial charge < -0.3 is 4.74 Å². The molecule has 1 heterocycles. The minimum absolute atomic E-state index is 0.00481. The number of hydrogen-bond donors (Lipinski definition) is 0. The van der Waals surface area contributed by atoms with E-state index in [1.54, 1.807) is 0 Å². The summed E-state index contributed by atoms with van der Waals surface area (Å²) in [6.45, 7) is 4.60. The summed E-state index contributed by atoms with van der Waals surface area (Å²) in [6, 6.07) is 0.0456. The van der Waals surface area contributed by atoms with E-state index in [1.807, 2.05) is 6.92 Å². The first-order valence-corrected chi connectivity index (χ1v) is 7.22. The van der Waals surface area contributed by atoms with Crippen molar-refractivity contribution in [3.63, 3.8) is 0 Å². The van der Waals surface area contributed by atoms with Crippen molar-refractivity contribution < 1.29 is 9.53 Å². The van der Waals surface area contributed by atoms with Crippen molar-refractivity contribution in [2.45, 2.75) is 57.9 Å². The molecular formula is C14H25NO2. The lowest BCUT2D eigenvalue weighted by Crippen LogP contribution is -2.47. The second kappa shape index (κ2) is 6.39. The summed E-state index contributed by atoms with van der Waals surface area (Å²) in [5.41, 5.74) is 0. The summed E-state index contributed by atoms with van der Waals surface area (Å²) in [6.07, 6.45) is 8.86. The fourth-order valence-corrected chi connectivity index (χ4v) is 3.24. The molecule has 0 radical (unpaired) electrons. The van der Waals surface area contributed by atoms with Crippen LogP contribution in [0.1, 0.15) is 51.9 Å². The minimum atomic E-state index is 0.00481. The normalized spacial score (nSPS) is 27.2. The topological polar surface area (TPSA) is 29.5 Å². The Balaban J connectivity index is 1.89. The molecule has 0 spiro atoms. The minimum Gasteiger partial charge on any atom is -0.465 e. The van der Waals surface area contributed by atoms with Crippen LogP contribution in [0.2, 0.25) is 0 Å². The number of esters is 1.